The molecule has 1 aliphatic carbocycles. The maximum Gasteiger partial charge on any atom is 0.404 e. The van der Waals surface area contributed by atoms with Crippen LogP contribution in [0.25, 0.3) is 0 Å². The quantitative estimate of drug-likeness (QED) is 0.707. The third-order valence-electron chi connectivity index (χ3n) is 6.16. The van der Waals surface area contributed by atoms with Crippen LogP contribution in [0.1, 0.15) is 68.8 Å². The molecule has 0 aromatic carbocycles. The highest BCUT2D eigenvalue weighted by Crippen LogP contribution is 2.50. The van der Waals surface area contributed by atoms with Crippen molar-refractivity contribution in [3.63, 3.8) is 0 Å². The second-order valence-electron chi connectivity index (χ2n) is 9.27. The molecule has 1 aliphatic heterocycles. The molecule has 7 heteroatoms. The minimum absolute atomic E-state index is 0.0881. The summed E-state index contributed by atoms with van der Waals surface area (Å²) in [6.45, 7) is 9.44. The van der Waals surface area contributed by atoms with Crippen LogP contribution in [-0.4, -0.2) is 58.6 Å². The summed E-state index contributed by atoms with van der Waals surface area (Å²) in [5.41, 5.74) is 3.96. The fourth-order valence-electron chi connectivity index (χ4n) is 4.77. The number of hydrogen-bond donors (Lipinski definition) is 3. The lowest BCUT2D eigenvalue weighted by molar-refractivity contribution is -0.0296. The van der Waals surface area contributed by atoms with Crippen molar-refractivity contribution < 1.29 is 14.6 Å². The molecule has 1 spiro atoms. The van der Waals surface area contributed by atoms with Crippen molar-refractivity contribution in [1.29, 1.82) is 0 Å². The molecule has 2 aliphatic rings. The van der Waals surface area contributed by atoms with Crippen molar-refractivity contribution >= 4 is 6.09 Å². The molecule has 1 aromatic heterocycles. The number of likely N-dealkylation sites (N-methyl/N-ethyl adjacent to an activating group) is 1. The SMILES string of the molecule is Cc1[nH]nc([C@H]2CC[C@]3(CC2)CC(C)(C)CO3)c1CN(C)CCNC(=O)O. The Kier molecular flexibility index (Phi) is 5.82. The first-order valence-corrected chi connectivity index (χ1v) is 10.0. The Morgan fingerprint density at radius 2 is 2.11 bits per heavy atom. The average molecular weight is 379 g/mol. The zero-order valence-electron chi connectivity index (χ0n) is 17.1. The normalized spacial score (nSPS) is 27.4. The summed E-state index contributed by atoms with van der Waals surface area (Å²) in [7, 11) is 2.02. The molecule has 2 heterocycles. The highest BCUT2D eigenvalue weighted by molar-refractivity contribution is 5.64. The summed E-state index contributed by atoms with van der Waals surface area (Å²) >= 11 is 0. The lowest BCUT2D eigenvalue weighted by atomic mass is 9.72. The number of carboxylic acid groups (broad SMARTS) is 1. The van der Waals surface area contributed by atoms with Crippen molar-refractivity contribution in [3.05, 3.63) is 17.0 Å². The van der Waals surface area contributed by atoms with Gasteiger partial charge in [-0.15, -0.1) is 0 Å². The van der Waals surface area contributed by atoms with Gasteiger partial charge in [0.1, 0.15) is 0 Å². The average Bonchev–Trinajstić information content (AvgIpc) is 3.09. The van der Waals surface area contributed by atoms with E-state index in [1.165, 1.54) is 17.7 Å². The fraction of sp³-hybridized carbons (Fsp3) is 0.800. The van der Waals surface area contributed by atoms with Gasteiger partial charge in [0.15, 0.2) is 0 Å². The molecule has 27 heavy (non-hydrogen) atoms. The van der Waals surface area contributed by atoms with E-state index in [1.807, 2.05) is 7.05 Å². The summed E-state index contributed by atoms with van der Waals surface area (Å²) in [6, 6.07) is 0. The van der Waals surface area contributed by atoms with Crippen molar-refractivity contribution in [2.45, 2.75) is 70.9 Å². The summed E-state index contributed by atoms with van der Waals surface area (Å²) in [5.74, 6) is 0.480. The first-order valence-electron chi connectivity index (χ1n) is 10.0. The standard InChI is InChI=1S/C20H34N4O3/c1-14-16(11-24(4)10-9-21-18(25)26)17(23-22-14)15-5-7-20(8-6-15)12-19(2,3)13-27-20/h15,21H,5-13H2,1-4H3,(H,22,23)(H,25,26)/t15-,20-. The van der Waals surface area contributed by atoms with Crippen LogP contribution in [0, 0.1) is 12.3 Å². The zero-order chi connectivity index (χ0) is 19.7. The molecule has 7 nitrogen and oxygen atoms in total. The second kappa shape index (κ2) is 7.80. The molecular formula is C20H34N4O3. The maximum atomic E-state index is 10.6. The monoisotopic (exact) mass is 378 g/mol. The molecule has 1 aromatic rings. The number of ether oxygens (including phenoxy) is 1. The molecule has 3 rings (SSSR count). The van der Waals surface area contributed by atoms with E-state index in [9.17, 15) is 4.79 Å². The van der Waals surface area contributed by atoms with E-state index in [1.54, 1.807) is 0 Å². The lowest BCUT2D eigenvalue weighted by Gasteiger charge is -2.37. The van der Waals surface area contributed by atoms with Gasteiger partial charge in [-0.1, -0.05) is 13.8 Å². The third-order valence-corrected chi connectivity index (χ3v) is 6.16. The molecule has 0 atom stereocenters. The van der Waals surface area contributed by atoms with Crippen LogP contribution in [0.3, 0.4) is 0 Å². The Bertz CT molecular complexity index is 662. The summed E-state index contributed by atoms with van der Waals surface area (Å²) in [6.07, 6.45) is 4.67. The Morgan fingerprint density at radius 3 is 2.70 bits per heavy atom. The van der Waals surface area contributed by atoms with Crippen LogP contribution in [0.4, 0.5) is 4.79 Å². The maximum absolute atomic E-state index is 10.6. The van der Waals surface area contributed by atoms with Gasteiger partial charge >= 0.3 is 6.09 Å². The van der Waals surface area contributed by atoms with Crippen LogP contribution in [0.2, 0.25) is 0 Å². The van der Waals surface area contributed by atoms with Gasteiger partial charge in [0.25, 0.3) is 0 Å². The van der Waals surface area contributed by atoms with Crippen molar-refractivity contribution in [1.82, 2.24) is 20.4 Å². The number of H-pyrrole nitrogens is 1. The predicted molar refractivity (Wildman–Crippen MR) is 104 cm³/mol. The van der Waals surface area contributed by atoms with Gasteiger partial charge in [-0.3, -0.25) is 5.10 Å². The van der Waals surface area contributed by atoms with Crippen LogP contribution in [0.5, 0.6) is 0 Å². The lowest BCUT2D eigenvalue weighted by Crippen LogP contribution is -2.34. The summed E-state index contributed by atoms with van der Waals surface area (Å²) in [4.78, 5) is 12.7. The van der Waals surface area contributed by atoms with E-state index in [2.05, 4.69) is 41.2 Å². The van der Waals surface area contributed by atoms with Gasteiger partial charge in [0, 0.05) is 36.8 Å². The number of carbonyl (C=O) groups is 1. The van der Waals surface area contributed by atoms with E-state index in [-0.39, 0.29) is 5.60 Å². The molecule has 3 N–H and O–H groups in total. The van der Waals surface area contributed by atoms with Crippen LogP contribution >= 0.6 is 0 Å². The minimum atomic E-state index is -0.975. The molecule has 152 valence electrons. The number of aromatic amines is 1. The van der Waals surface area contributed by atoms with Gasteiger partial charge < -0.3 is 20.1 Å². The van der Waals surface area contributed by atoms with E-state index < -0.39 is 6.09 Å². The number of hydrogen-bond acceptors (Lipinski definition) is 4. The molecule has 0 radical (unpaired) electrons. The van der Waals surface area contributed by atoms with E-state index >= 15 is 0 Å². The van der Waals surface area contributed by atoms with Gasteiger partial charge in [-0.2, -0.15) is 5.10 Å². The number of rotatable bonds is 6. The van der Waals surface area contributed by atoms with Crippen molar-refractivity contribution in [3.8, 4) is 0 Å². The molecule has 1 saturated heterocycles. The second-order valence-corrected chi connectivity index (χ2v) is 9.27. The Labute approximate surface area is 161 Å². The van der Waals surface area contributed by atoms with Crippen molar-refractivity contribution in [2.75, 3.05) is 26.7 Å². The Hall–Kier alpha value is -1.60. The number of nitrogens with one attached hydrogen (secondary N) is 2. The summed E-state index contributed by atoms with van der Waals surface area (Å²) in [5, 5.41) is 18.9. The highest BCUT2D eigenvalue weighted by Gasteiger charge is 2.46. The van der Waals surface area contributed by atoms with E-state index in [0.29, 0.717) is 24.4 Å². The number of nitrogens with zero attached hydrogens (tertiary/aromatic N) is 2. The third kappa shape index (κ3) is 4.82. The van der Waals surface area contributed by atoms with E-state index in [0.717, 1.165) is 44.5 Å². The predicted octanol–water partition coefficient (Wildman–Crippen LogP) is 3.26. The zero-order valence-corrected chi connectivity index (χ0v) is 17.1. The summed E-state index contributed by atoms with van der Waals surface area (Å²) < 4.78 is 6.25. The highest BCUT2D eigenvalue weighted by atomic mass is 16.5. The first-order chi connectivity index (χ1) is 12.7. The number of amides is 1. The minimum Gasteiger partial charge on any atom is -0.465 e. The topological polar surface area (TPSA) is 90.5 Å². The Morgan fingerprint density at radius 1 is 1.41 bits per heavy atom. The van der Waals surface area contributed by atoms with Gasteiger partial charge in [-0.25, -0.2) is 4.79 Å². The van der Waals surface area contributed by atoms with Gasteiger partial charge in [-0.05, 0) is 51.5 Å². The van der Waals surface area contributed by atoms with E-state index in [4.69, 9.17) is 9.84 Å². The van der Waals surface area contributed by atoms with Gasteiger partial charge in [0.05, 0.1) is 17.9 Å². The molecule has 2 fully saturated rings. The number of aryl methyl sites for hydroxylation is 1. The van der Waals surface area contributed by atoms with Crippen molar-refractivity contribution in [2.24, 2.45) is 5.41 Å². The first kappa shape index (κ1) is 20.1. The van der Waals surface area contributed by atoms with Crippen LogP contribution in [-0.2, 0) is 11.3 Å². The van der Waals surface area contributed by atoms with Crippen LogP contribution in [0.15, 0.2) is 0 Å². The van der Waals surface area contributed by atoms with Crippen LogP contribution < -0.4 is 5.32 Å². The number of aromatic nitrogens is 2. The molecule has 1 amide bonds. The fourth-order valence-corrected chi connectivity index (χ4v) is 4.77. The molecule has 1 saturated carbocycles. The molecular weight excluding hydrogens is 344 g/mol. The smallest absolute Gasteiger partial charge is 0.404 e. The molecule has 0 unspecified atom stereocenters. The largest absolute Gasteiger partial charge is 0.465 e. The molecule has 0 bridgehead atoms. The van der Waals surface area contributed by atoms with Gasteiger partial charge in [0.2, 0.25) is 0 Å². The Balaban J connectivity index is 1.59.